The van der Waals surface area contributed by atoms with Crippen molar-refractivity contribution in [1.29, 1.82) is 0 Å². The van der Waals surface area contributed by atoms with Gasteiger partial charge in [-0.2, -0.15) is 0 Å². The average Bonchev–Trinajstić information content (AvgIpc) is 1.98. The molecule has 0 aromatic rings. The second kappa shape index (κ2) is 3.93. The van der Waals surface area contributed by atoms with Crippen molar-refractivity contribution in [2.24, 2.45) is 5.73 Å². The van der Waals surface area contributed by atoms with Crippen LogP contribution in [-0.2, 0) is 9.59 Å². The first-order valence-electron chi connectivity index (χ1n) is 4.10. The molecule has 1 unspecified atom stereocenters. The molecule has 0 heterocycles. The maximum atomic E-state index is 11.2. The van der Waals surface area contributed by atoms with Gasteiger partial charge in [-0.25, -0.2) is 4.79 Å². The quantitative estimate of drug-likeness (QED) is 0.453. The van der Waals surface area contributed by atoms with Crippen molar-refractivity contribution in [1.82, 2.24) is 5.32 Å². The van der Waals surface area contributed by atoms with Crippen molar-refractivity contribution < 1.29 is 19.8 Å². The van der Waals surface area contributed by atoms with Gasteiger partial charge in [-0.3, -0.25) is 4.79 Å². The van der Waals surface area contributed by atoms with Crippen LogP contribution in [0.2, 0.25) is 0 Å². The number of carbonyl (C=O) groups excluding carboxylic acids is 1. The van der Waals surface area contributed by atoms with Gasteiger partial charge in [-0.15, -0.1) is 0 Å². The molecule has 0 spiro atoms. The maximum absolute atomic E-state index is 11.2. The van der Waals surface area contributed by atoms with E-state index in [1.165, 1.54) is 13.8 Å². The van der Waals surface area contributed by atoms with E-state index in [4.69, 9.17) is 10.8 Å². The summed E-state index contributed by atoms with van der Waals surface area (Å²) in [7, 11) is 0. The summed E-state index contributed by atoms with van der Waals surface area (Å²) in [5.41, 5.74) is 2.38. The van der Waals surface area contributed by atoms with Crippen LogP contribution in [0.5, 0.6) is 0 Å². The molecule has 0 saturated carbocycles. The highest BCUT2D eigenvalue weighted by Gasteiger charge is 2.32. The van der Waals surface area contributed by atoms with Gasteiger partial charge in [0.15, 0.2) is 5.60 Å². The number of hydrogen-bond acceptors (Lipinski definition) is 4. The third-order valence-corrected chi connectivity index (χ3v) is 1.64. The Hall–Kier alpha value is -1.14. The minimum absolute atomic E-state index is 0.373. The maximum Gasteiger partial charge on any atom is 0.337 e. The fourth-order valence-corrected chi connectivity index (χ4v) is 0.556. The van der Waals surface area contributed by atoms with Crippen molar-refractivity contribution in [3.63, 3.8) is 0 Å². The van der Waals surface area contributed by atoms with E-state index in [1.54, 1.807) is 0 Å². The highest BCUT2D eigenvalue weighted by atomic mass is 16.4. The number of carbonyl (C=O) groups is 2. The molecule has 6 nitrogen and oxygen atoms in total. The normalized spacial score (nSPS) is 15.8. The molecule has 82 valence electrons. The molecule has 0 aromatic carbocycles. The Morgan fingerprint density at radius 1 is 1.36 bits per heavy atom. The Kier molecular flexibility index (Phi) is 3.61. The molecule has 5 N–H and O–H groups in total. The van der Waals surface area contributed by atoms with Gasteiger partial charge in [0.1, 0.15) is 0 Å². The van der Waals surface area contributed by atoms with Crippen molar-refractivity contribution in [2.45, 2.75) is 31.9 Å². The molecule has 14 heavy (non-hydrogen) atoms. The van der Waals surface area contributed by atoms with E-state index >= 15 is 0 Å². The van der Waals surface area contributed by atoms with Crippen molar-refractivity contribution in [3.05, 3.63) is 0 Å². The molecule has 0 aliphatic carbocycles. The van der Waals surface area contributed by atoms with Crippen LogP contribution < -0.4 is 11.1 Å². The van der Waals surface area contributed by atoms with E-state index < -0.39 is 23.0 Å². The molecule has 0 aliphatic heterocycles. The zero-order valence-corrected chi connectivity index (χ0v) is 8.50. The lowest BCUT2D eigenvalue weighted by atomic mass is 10.0. The van der Waals surface area contributed by atoms with Gasteiger partial charge >= 0.3 is 5.97 Å². The highest BCUT2D eigenvalue weighted by molar-refractivity contribution is 5.86. The Morgan fingerprint density at radius 2 is 1.79 bits per heavy atom. The Morgan fingerprint density at radius 3 is 2.07 bits per heavy atom. The average molecular weight is 204 g/mol. The summed E-state index contributed by atoms with van der Waals surface area (Å²) in [5, 5.41) is 20.0. The van der Waals surface area contributed by atoms with Crippen LogP contribution in [0.1, 0.15) is 20.8 Å². The number of nitrogens with two attached hydrogens (primary N) is 1. The Balaban J connectivity index is 4.21. The smallest absolute Gasteiger partial charge is 0.337 e. The van der Waals surface area contributed by atoms with Crippen molar-refractivity contribution in [2.75, 3.05) is 6.54 Å². The molecule has 0 aromatic heterocycles. The number of carboxylic acid groups (broad SMARTS) is 1. The molecule has 0 bridgehead atoms. The van der Waals surface area contributed by atoms with Gasteiger partial charge in [0.2, 0.25) is 5.91 Å². The first-order valence-corrected chi connectivity index (χ1v) is 4.10. The number of carboxylic acids is 1. The van der Waals surface area contributed by atoms with Crippen molar-refractivity contribution in [3.8, 4) is 0 Å². The molecular formula is C8H16N2O4. The third-order valence-electron chi connectivity index (χ3n) is 1.64. The van der Waals surface area contributed by atoms with Gasteiger partial charge in [0.25, 0.3) is 0 Å². The predicted molar refractivity (Wildman–Crippen MR) is 49.5 cm³/mol. The zero-order chi connectivity index (χ0) is 11.6. The minimum Gasteiger partial charge on any atom is -0.479 e. The summed E-state index contributed by atoms with van der Waals surface area (Å²) in [4.78, 5) is 21.6. The zero-order valence-electron chi connectivity index (χ0n) is 8.50. The molecule has 6 heteroatoms. The van der Waals surface area contributed by atoms with Gasteiger partial charge < -0.3 is 21.3 Å². The first kappa shape index (κ1) is 12.9. The van der Waals surface area contributed by atoms with Crippen LogP contribution in [0.15, 0.2) is 0 Å². The number of aliphatic carboxylic acids is 1. The van der Waals surface area contributed by atoms with Crippen LogP contribution in [0.4, 0.5) is 0 Å². The molecule has 0 rings (SSSR count). The van der Waals surface area contributed by atoms with E-state index in [0.29, 0.717) is 0 Å². The lowest BCUT2D eigenvalue weighted by molar-refractivity contribution is -0.156. The number of amides is 1. The SMILES string of the molecule is CC(C)(N)C(=O)NCC(C)(O)C(=O)O. The van der Waals surface area contributed by atoms with E-state index in [0.717, 1.165) is 6.92 Å². The van der Waals surface area contributed by atoms with Gasteiger partial charge in [0, 0.05) is 0 Å². The largest absolute Gasteiger partial charge is 0.479 e. The van der Waals surface area contributed by atoms with Crippen LogP contribution >= 0.6 is 0 Å². The molecule has 1 atom stereocenters. The summed E-state index contributed by atoms with van der Waals surface area (Å²) < 4.78 is 0. The first-order chi connectivity index (χ1) is 6.07. The standard InChI is InChI=1S/C8H16N2O4/c1-7(2,9)5(11)10-4-8(3,14)6(12)13/h14H,4,9H2,1-3H3,(H,10,11)(H,12,13). The second-order valence-corrected chi connectivity index (χ2v) is 3.98. The summed E-state index contributed by atoms with van der Waals surface area (Å²) in [6, 6.07) is 0. The number of hydrogen-bond donors (Lipinski definition) is 4. The van der Waals surface area contributed by atoms with E-state index in [2.05, 4.69) is 5.32 Å². The fraction of sp³-hybridized carbons (Fsp3) is 0.750. The lowest BCUT2D eigenvalue weighted by Crippen LogP contribution is -2.54. The van der Waals surface area contributed by atoms with Crippen LogP contribution in [-0.4, -0.2) is 39.8 Å². The molecular weight excluding hydrogens is 188 g/mol. The fourth-order valence-electron chi connectivity index (χ4n) is 0.556. The van der Waals surface area contributed by atoms with Gasteiger partial charge in [-0.1, -0.05) is 0 Å². The monoisotopic (exact) mass is 204 g/mol. The van der Waals surface area contributed by atoms with Crippen molar-refractivity contribution >= 4 is 11.9 Å². The molecule has 0 aliphatic rings. The van der Waals surface area contributed by atoms with Crippen LogP contribution in [0.3, 0.4) is 0 Å². The summed E-state index contributed by atoms with van der Waals surface area (Å²) in [6.07, 6.45) is 0. The minimum atomic E-state index is -1.97. The number of nitrogens with one attached hydrogen (secondary N) is 1. The van der Waals surface area contributed by atoms with E-state index in [1.807, 2.05) is 0 Å². The second-order valence-electron chi connectivity index (χ2n) is 3.98. The van der Waals surface area contributed by atoms with E-state index in [-0.39, 0.29) is 6.54 Å². The van der Waals surface area contributed by atoms with Crippen LogP contribution in [0.25, 0.3) is 0 Å². The summed E-state index contributed by atoms with van der Waals surface area (Å²) >= 11 is 0. The van der Waals surface area contributed by atoms with E-state index in [9.17, 15) is 14.7 Å². The highest BCUT2D eigenvalue weighted by Crippen LogP contribution is 2.02. The van der Waals surface area contributed by atoms with Gasteiger partial charge in [0.05, 0.1) is 12.1 Å². The number of rotatable bonds is 4. The van der Waals surface area contributed by atoms with Crippen LogP contribution in [0, 0.1) is 0 Å². The molecule has 0 saturated heterocycles. The third kappa shape index (κ3) is 3.71. The lowest BCUT2D eigenvalue weighted by Gasteiger charge is -2.22. The summed E-state index contributed by atoms with van der Waals surface area (Å²) in [5.74, 6) is -1.91. The molecule has 0 radical (unpaired) electrons. The Bertz CT molecular complexity index is 242. The predicted octanol–water partition coefficient (Wildman–Crippen LogP) is -1.32. The molecule has 1 amide bonds. The Labute approximate surface area is 82.1 Å². The number of aliphatic hydroxyl groups is 1. The molecule has 0 fully saturated rings. The topological polar surface area (TPSA) is 113 Å². The summed E-state index contributed by atoms with van der Waals surface area (Å²) in [6.45, 7) is 3.69. The van der Waals surface area contributed by atoms with Gasteiger partial charge in [-0.05, 0) is 20.8 Å².